The molecule has 2 heterocycles. The number of hydrogen-bond donors (Lipinski definition) is 1. The van der Waals surface area contributed by atoms with Crippen LogP contribution in [0.2, 0.25) is 0 Å². The minimum Gasteiger partial charge on any atom is -0.490 e. The lowest BCUT2D eigenvalue weighted by Crippen LogP contribution is -2.17. The van der Waals surface area contributed by atoms with E-state index >= 15 is 0 Å². The van der Waals surface area contributed by atoms with Crippen LogP contribution in [0, 0.1) is 0 Å². The van der Waals surface area contributed by atoms with Crippen molar-refractivity contribution in [1.29, 1.82) is 0 Å². The second-order valence-electron chi connectivity index (χ2n) is 6.19. The molecule has 1 aliphatic rings. The number of ether oxygens (including phenoxy) is 1. The Kier molecular flexibility index (Phi) is 5.59. The number of nitrogens with zero attached hydrogens (tertiary/aromatic N) is 2. The molecule has 1 saturated heterocycles. The van der Waals surface area contributed by atoms with E-state index in [0.717, 1.165) is 28.3 Å². The first-order valence-corrected chi connectivity index (χ1v) is 10.1. The summed E-state index contributed by atoms with van der Waals surface area (Å²) in [4.78, 5) is 12.7. The lowest BCUT2D eigenvalue weighted by Gasteiger charge is -2.05. The van der Waals surface area contributed by atoms with Crippen molar-refractivity contribution < 1.29 is 9.53 Å². The van der Waals surface area contributed by atoms with Crippen LogP contribution in [-0.2, 0) is 4.79 Å². The average Bonchev–Trinajstić information content (AvgIpc) is 3.30. The Morgan fingerprint density at radius 1 is 1.17 bits per heavy atom. The topological polar surface area (TPSA) is 56.1 Å². The number of thioether (sulfide) groups is 1. The summed E-state index contributed by atoms with van der Waals surface area (Å²) in [5.74, 6) is 0.568. The van der Waals surface area contributed by atoms with Gasteiger partial charge in [0.05, 0.1) is 16.3 Å². The number of carbonyl (C=O) groups excluding carboxylic acids is 1. The number of rotatable bonds is 6. The monoisotopic (exact) mass is 419 g/mol. The summed E-state index contributed by atoms with van der Waals surface area (Å²) < 4.78 is 7.82. The van der Waals surface area contributed by atoms with Crippen molar-refractivity contribution in [2.45, 2.75) is 0 Å². The van der Waals surface area contributed by atoms with Gasteiger partial charge in [-0.1, -0.05) is 54.8 Å². The zero-order valence-electron chi connectivity index (χ0n) is 15.4. The molecule has 5 nitrogen and oxygen atoms in total. The Bertz CT molecular complexity index is 1100. The third kappa shape index (κ3) is 4.31. The second kappa shape index (κ2) is 8.46. The van der Waals surface area contributed by atoms with Gasteiger partial charge >= 0.3 is 0 Å². The Hall–Kier alpha value is -3.16. The van der Waals surface area contributed by atoms with Crippen molar-refractivity contribution in [3.8, 4) is 22.7 Å². The van der Waals surface area contributed by atoms with Crippen molar-refractivity contribution >= 4 is 40.3 Å². The quantitative estimate of drug-likeness (QED) is 0.360. The molecule has 29 heavy (non-hydrogen) atoms. The SMILES string of the molecule is C=CCOc1ccc(-c2nn(-c3ccccc3)cc2C=C2SC(=S)NC2=O)cc1. The molecule has 3 aromatic rings. The fourth-order valence-electron chi connectivity index (χ4n) is 2.86. The maximum Gasteiger partial charge on any atom is 0.263 e. The van der Waals surface area contributed by atoms with Crippen LogP contribution < -0.4 is 10.1 Å². The molecule has 0 atom stereocenters. The smallest absolute Gasteiger partial charge is 0.263 e. The van der Waals surface area contributed by atoms with E-state index in [2.05, 4.69) is 11.9 Å². The van der Waals surface area contributed by atoms with Crippen LogP contribution >= 0.6 is 24.0 Å². The summed E-state index contributed by atoms with van der Waals surface area (Å²) in [5, 5.41) is 7.42. The third-order valence-electron chi connectivity index (χ3n) is 4.19. The van der Waals surface area contributed by atoms with Crippen LogP contribution in [0.25, 0.3) is 23.0 Å². The number of para-hydroxylation sites is 1. The normalized spacial score (nSPS) is 14.8. The fourth-order valence-corrected chi connectivity index (χ4v) is 3.89. The number of hydrogen-bond acceptors (Lipinski definition) is 5. The summed E-state index contributed by atoms with van der Waals surface area (Å²) in [6, 6.07) is 17.5. The molecule has 4 rings (SSSR count). The van der Waals surface area contributed by atoms with E-state index in [1.54, 1.807) is 10.8 Å². The van der Waals surface area contributed by atoms with Crippen molar-refractivity contribution in [1.82, 2.24) is 15.1 Å². The number of benzene rings is 2. The van der Waals surface area contributed by atoms with Gasteiger partial charge in [-0.3, -0.25) is 4.79 Å². The summed E-state index contributed by atoms with van der Waals surface area (Å²) in [7, 11) is 0. The minimum atomic E-state index is -0.188. The second-order valence-corrected chi connectivity index (χ2v) is 7.91. The first-order chi connectivity index (χ1) is 14.1. The molecule has 2 aromatic carbocycles. The molecule has 0 bridgehead atoms. The zero-order chi connectivity index (χ0) is 20.2. The van der Waals surface area contributed by atoms with E-state index in [9.17, 15) is 4.79 Å². The van der Waals surface area contributed by atoms with Crippen molar-refractivity contribution in [3.63, 3.8) is 0 Å². The van der Waals surface area contributed by atoms with Crippen molar-refractivity contribution in [2.24, 2.45) is 0 Å². The molecule has 1 N–H and O–H groups in total. The van der Waals surface area contributed by atoms with Gasteiger partial charge in [0.2, 0.25) is 0 Å². The van der Waals surface area contributed by atoms with Gasteiger partial charge in [-0.05, 0) is 42.5 Å². The van der Waals surface area contributed by atoms with Gasteiger partial charge in [0, 0.05) is 17.3 Å². The molecule has 7 heteroatoms. The number of nitrogens with one attached hydrogen (secondary N) is 1. The molecule has 1 aromatic heterocycles. The molecule has 1 aliphatic heterocycles. The highest BCUT2D eigenvalue weighted by molar-refractivity contribution is 8.26. The fraction of sp³-hybridized carbons (Fsp3) is 0.0455. The van der Waals surface area contributed by atoms with Gasteiger partial charge < -0.3 is 10.1 Å². The highest BCUT2D eigenvalue weighted by Gasteiger charge is 2.23. The predicted octanol–water partition coefficient (Wildman–Crippen LogP) is 4.59. The Morgan fingerprint density at radius 2 is 1.93 bits per heavy atom. The van der Waals surface area contributed by atoms with Crippen LogP contribution in [0.15, 0.2) is 78.4 Å². The lowest BCUT2D eigenvalue weighted by molar-refractivity contribution is -0.115. The van der Waals surface area contributed by atoms with Gasteiger partial charge in [-0.2, -0.15) is 5.10 Å². The zero-order valence-corrected chi connectivity index (χ0v) is 17.0. The predicted molar refractivity (Wildman–Crippen MR) is 121 cm³/mol. The number of aromatic nitrogens is 2. The van der Waals surface area contributed by atoms with Crippen molar-refractivity contribution in [2.75, 3.05) is 6.61 Å². The van der Waals surface area contributed by atoms with E-state index in [-0.39, 0.29) is 5.91 Å². The molecule has 0 unspecified atom stereocenters. The highest BCUT2D eigenvalue weighted by Crippen LogP contribution is 2.31. The van der Waals surface area contributed by atoms with Crippen LogP contribution in [-0.4, -0.2) is 26.6 Å². The summed E-state index contributed by atoms with van der Waals surface area (Å²) >= 11 is 6.35. The van der Waals surface area contributed by atoms with E-state index in [1.165, 1.54) is 11.8 Å². The number of thiocarbonyl (C=S) groups is 1. The molecule has 0 saturated carbocycles. The van der Waals surface area contributed by atoms with E-state index in [4.69, 9.17) is 22.1 Å². The van der Waals surface area contributed by atoms with Crippen LogP contribution in [0.1, 0.15) is 5.56 Å². The molecular formula is C22H17N3O2S2. The lowest BCUT2D eigenvalue weighted by atomic mass is 10.1. The third-order valence-corrected chi connectivity index (χ3v) is 5.35. The number of carbonyl (C=O) groups is 1. The van der Waals surface area contributed by atoms with Crippen LogP contribution in [0.3, 0.4) is 0 Å². The Balaban J connectivity index is 1.76. The van der Waals surface area contributed by atoms with Crippen molar-refractivity contribution in [3.05, 3.63) is 83.9 Å². The van der Waals surface area contributed by atoms with E-state index in [0.29, 0.717) is 15.8 Å². The van der Waals surface area contributed by atoms with Gasteiger partial charge in [0.25, 0.3) is 5.91 Å². The summed E-state index contributed by atoms with van der Waals surface area (Å²) in [6.45, 7) is 4.11. The van der Waals surface area contributed by atoms with E-state index < -0.39 is 0 Å². The maximum absolute atomic E-state index is 12.1. The van der Waals surface area contributed by atoms with Gasteiger partial charge in [-0.25, -0.2) is 4.68 Å². The Morgan fingerprint density at radius 3 is 2.59 bits per heavy atom. The standard InChI is InChI=1S/C22H17N3O2S2/c1-2-12-27-18-10-8-15(9-11-18)20-16(13-19-21(26)23-22(28)29-19)14-25(24-20)17-6-4-3-5-7-17/h2-11,13-14H,1,12H2,(H,23,26,28). The number of amides is 1. The van der Waals surface area contributed by atoms with Crippen LogP contribution in [0.4, 0.5) is 0 Å². The molecular weight excluding hydrogens is 402 g/mol. The summed E-state index contributed by atoms with van der Waals surface area (Å²) in [6.07, 6.45) is 5.44. The van der Waals surface area contributed by atoms with Gasteiger partial charge in [0.1, 0.15) is 16.7 Å². The molecule has 144 valence electrons. The molecule has 1 amide bonds. The summed E-state index contributed by atoms with van der Waals surface area (Å²) in [5.41, 5.74) is 3.45. The van der Waals surface area contributed by atoms with Crippen LogP contribution in [0.5, 0.6) is 5.75 Å². The maximum atomic E-state index is 12.1. The largest absolute Gasteiger partial charge is 0.490 e. The van der Waals surface area contributed by atoms with Gasteiger partial charge in [0.15, 0.2) is 0 Å². The minimum absolute atomic E-state index is 0.188. The molecule has 0 aliphatic carbocycles. The molecule has 0 spiro atoms. The van der Waals surface area contributed by atoms with E-state index in [1.807, 2.05) is 66.9 Å². The Labute approximate surface area is 178 Å². The van der Waals surface area contributed by atoms with Gasteiger partial charge in [-0.15, -0.1) is 0 Å². The first-order valence-electron chi connectivity index (χ1n) is 8.88. The average molecular weight is 420 g/mol. The molecule has 1 fully saturated rings. The molecule has 0 radical (unpaired) electrons. The highest BCUT2D eigenvalue weighted by atomic mass is 32.2. The first kappa shape index (κ1) is 19.2.